The van der Waals surface area contributed by atoms with Crippen molar-refractivity contribution in [1.29, 1.82) is 0 Å². The van der Waals surface area contributed by atoms with Gasteiger partial charge in [-0.2, -0.15) is 0 Å². The highest BCUT2D eigenvalue weighted by molar-refractivity contribution is 4.41. The molecule has 0 radical (unpaired) electrons. The van der Waals surface area contributed by atoms with Crippen LogP contribution in [0, 0.1) is 0 Å². The second-order valence-corrected chi connectivity index (χ2v) is 2.19. The summed E-state index contributed by atoms with van der Waals surface area (Å²) in [4.78, 5) is 0. The van der Waals surface area contributed by atoms with Crippen LogP contribution in [0.25, 0.3) is 0 Å². The lowest BCUT2D eigenvalue weighted by Gasteiger charge is -2.09. The third-order valence-corrected chi connectivity index (χ3v) is 1.19. The van der Waals surface area contributed by atoms with Crippen molar-refractivity contribution in [3.05, 3.63) is 0 Å². The van der Waals surface area contributed by atoms with E-state index in [1.165, 1.54) is 7.11 Å². The summed E-state index contributed by atoms with van der Waals surface area (Å²) in [6.45, 7) is 1.68. The van der Waals surface area contributed by atoms with E-state index >= 15 is 0 Å². The predicted octanol–water partition coefficient (Wildman–Crippen LogP) is -1.06. The molecule has 0 saturated carbocycles. The van der Waals surface area contributed by atoms with Crippen LogP contribution in [-0.4, -0.2) is 51.5 Å². The van der Waals surface area contributed by atoms with Crippen molar-refractivity contribution < 1.29 is 19.3 Å². The highest BCUT2D eigenvalue weighted by atomic mass is 16.5. The van der Waals surface area contributed by atoms with Crippen molar-refractivity contribution in [2.45, 2.75) is 6.23 Å². The molecule has 74 valence electrons. The Morgan fingerprint density at radius 2 is 1.92 bits per heavy atom. The molecule has 5 heteroatoms. The minimum absolute atomic E-state index is 0.0393. The van der Waals surface area contributed by atoms with Crippen LogP contribution >= 0.6 is 0 Å². The van der Waals surface area contributed by atoms with E-state index in [0.29, 0.717) is 26.4 Å². The average molecular weight is 179 g/mol. The maximum Gasteiger partial charge on any atom is 0.128 e. The fourth-order valence-corrected chi connectivity index (χ4v) is 0.552. The molecule has 1 unspecified atom stereocenters. The number of rotatable bonds is 8. The first kappa shape index (κ1) is 11.8. The number of methoxy groups -OCH3 is 1. The number of aliphatic hydroxyl groups is 1. The van der Waals surface area contributed by atoms with Gasteiger partial charge >= 0.3 is 0 Å². The molecule has 0 aliphatic carbocycles. The van der Waals surface area contributed by atoms with E-state index in [-0.39, 0.29) is 12.8 Å². The molecule has 0 rings (SSSR count). The molecule has 0 spiro atoms. The van der Waals surface area contributed by atoms with Gasteiger partial charge in [0.15, 0.2) is 0 Å². The smallest absolute Gasteiger partial charge is 0.128 e. The van der Waals surface area contributed by atoms with Gasteiger partial charge in [0.25, 0.3) is 0 Å². The van der Waals surface area contributed by atoms with E-state index in [4.69, 9.17) is 25.1 Å². The van der Waals surface area contributed by atoms with Crippen molar-refractivity contribution >= 4 is 0 Å². The van der Waals surface area contributed by atoms with Crippen LogP contribution in [0.3, 0.4) is 0 Å². The van der Waals surface area contributed by atoms with Crippen LogP contribution in [0.2, 0.25) is 0 Å². The maximum absolute atomic E-state index is 8.34. The van der Waals surface area contributed by atoms with Crippen LogP contribution < -0.4 is 5.73 Å². The second kappa shape index (κ2) is 8.89. The Morgan fingerprint density at radius 3 is 2.50 bits per heavy atom. The van der Waals surface area contributed by atoms with Crippen molar-refractivity contribution in [3.8, 4) is 0 Å². The van der Waals surface area contributed by atoms with Gasteiger partial charge in [0.05, 0.1) is 33.0 Å². The molecule has 0 aliphatic heterocycles. The Hall–Kier alpha value is -0.200. The summed E-state index contributed by atoms with van der Waals surface area (Å²) >= 11 is 0. The van der Waals surface area contributed by atoms with Crippen LogP contribution in [-0.2, 0) is 14.2 Å². The van der Waals surface area contributed by atoms with Crippen LogP contribution in [0.5, 0.6) is 0 Å². The molecule has 0 saturated heterocycles. The summed E-state index contributed by atoms with van der Waals surface area (Å²) < 4.78 is 14.8. The number of aliphatic hydroxyl groups excluding tert-OH is 1. The minimum Gasteiger partial charge on any atom is -0.394 e. The minimum atomic E-state index is -0.372. The number of hydrogen-bond donors (Lipinski definition) is 2. The maximum atomic E-state index is 8.34. The molecule has 12 heavy (non-hydrogen) atoms. The zero-order chi connectivity index (χ0) is 9.23. The van der Waals surface area contributed by atoms with Gasteiger partial charge in [0.1, 0.15) is 6.23 Å². The third kappa shape index (κ3) is 7.90. The zero-order valence-corrected chi connectivity index (χ0v) is 7.36. The molecule has 0 bridgehead atoms. The first-order valence-corrected chi connectivity index (χ1v) is 3.86. The molecule has 0 aromatic rings. The summed E-state index contributed by atoms with van der Waals surface area (Å²) in [5, 5.41) is 8.34. The molecule has 1 atom stereocenters. The lowest BCUT2D eigenvalue weighted by molar-refractivity contribution is -0.0147. The molecule has 0 amide bonds. The molecule has 0 aliphatic rings. The molecule has 3 N–H and O–H groups in total. The van der Waals surface area contributed by atoms with Crippen molar-refractivity contribution in [2.24, 2.45) is 5.73 Å². The second-order valence-electron chi connectivity index (χ2n) is 2.19. The summed E-state index contributed by atoms with van der Waals surface area (Å²) in [6.07, 6.45) is -0.372. The highest BCUT2D eigenvalue weighted by Crippen LogP contribution is 1.83. The zero-order valence-electron chi connectivity index (χ0n) is 7.36. The van der Waals surface area contributed by atoms with Gasteiger partial charge in [-0.3, -0.25) is 0 Å². The molecular formula is C7H17NO4. The van der Waals surface area contributed by atoms with Crippen LogP contribution in [0.15, 0.2) is 0 Å². The standard InChI is InChI=1S/C7H17NO4/c1-10-7(8)6-12-5-4-11-3-2-9/h7,9H,2-6,8H2,1H3. The van der Waals surface area contributed by atoms with Gasteiger partial charge in [0, 0.05) is 7.11 Å². The fourth-order valence-electron chi connectivity index (χ4n) is 0.552. The topological polar surface area (TPSA) is 73.9 Å². The highest BCUT2D eigenvalue weighted by Gasteiger charge is 1.97. The number of nitrogens with two attached hydrogens (primary N) is 1. The Labute approximate surface area is 72.4 Å². The van der Waals surface area contributed by atoms with Crippen LogP contribution in [0.4, 0.5) is 0 Å². The fraction of sp³-hybridized carbons (Fsp3) is 1.00. The van der Waals surface area contributed by atoms with Crippen molar-refractivity contribution in [3.63, 3.8) is 0 Å². The molecule has 5 nitrogen and oxygen atoms in total. The average Bonchev–Trinajstić information content (AvgIpc) is 2.10. The van der Waals surface area contributed by atoms with E-state index in [1.54, 1.807) is 0 Å². The van der Waals surface area contributed by atoms with Gasteiger partial charge < -0.3 is 25.1 Å². The van der Waals surface area contributed by atoms with Gasteiger partial charge in [-0.15, -0.1) is 0 Å². The summed E-state index contributed by atoms with van der Waals surface area (Å²) in [6, 6.07) is 0. The monoisotopic (exact) mass is 179 g/mol. The lowest BCUT2D eigenvalue weighted by atomic mass is 10.6. The van der Waals surface area contributed by atoms with Gasteiger partial charge in [-0.1, -0.05) is 0 Å². The Morgan fingerprint density at radius 1 is 1.25 bits per heavy atom. The molecule has 0 aromatic carbocycles. The number of hydrogen-bond acceptors (Lipinski definition) is 5. The first-order valence-electron chi connectivity index (χ1n) is 3.86. The van der Waals surface area contributed by atoms with Crippen LogP contribution in [0.1, 0.15) is 0 Å². The SMILES string of the molecule is COC(N)COCCOCCO. The first-order chi connectivity index (χ1) is 5.81. The summed E-state index contributed by atoms with van der Waals surface area (Å²) in [5.41, 5.74) is 5.39. The van der Waals surface area contributed by atoms with E-state index in [2.05, 4.69) is 0 Å². The Balaban J connectivity index is 2.90. The predicted molar refractivity (Wildman–Crippen MR) is 43.7 cm³/mol. The summed E-state index contributed by atoms with van der Waals surface area (Å²) in [7, 11) is 1.52. The quantitative estimate of drug-likeness (QED) is 0.367. The van der Waals surface area contributed by atoms with E-state index in [1.807, 2.05) is 0 Å². The lowest BCUT2D eigenvalue weighted by Crippen LogP contribution is -2.28. The van der Waals surface area contributed by atoms with E-state index in [0.717, 1.165) is 0 Å². The molecule has 0 aromatic heterocycles. The third-order valence-electron chi connectivity index (χ3n) is 1.19. The van der Waals surface area contributed by atoms with E-state index < -0.39 is 0 Å². The van der Waals surface area contributed by atoms with Gasteiger partial charge in [-0.25, -0.2) is 0 Å². The van der Waals surface area contributed by atoms with Gasteiger partial charge in [0.2, 0.25) is 0 Å². The van der Waals surface area contributed by atoms with Gasteiger partial charge in [-0.05, 0) is 0 Å². The Bertz CT molecular complexity index is 91.5. The van der Waals surface area contributed by atoms with Crippen molar-refractivity contribution in [2.75, 3.05) is 40.1 Å². The number of ether oxygens (including phenoxy) is 3. The largest absolute Gasteiger partial charge is 0.394 e. The normalized spacial score (nSPS) is 13.2. The van der Waals surface area contributed by atoms with E-state index in [9.17, 15) is 0 Å². The van der Waals surface area contributed by atoms with Crippen molar-refractivity contribution in [1.82, 2.24) is 0 Å². The Kier molecular flexibility index (Phi) is 8.74. The molecule has 0 fully saturated rings. The summed E-state index contributed by atoms with van der Waals surface area (Å²) in [5.74, 6) is 0. The molecular weight excluding hydrogens is 162 g/mol. The molecule has 0 heterocycles.